The van der Waals surface area contributed by atoms with Gasteiger partial charge in [-0.05, 0) is 43.0 Å². The number of rotatable bonds is 4. The van der Waals surface area contributed by atoms with Gasteiger partial charge < -0.3 is 9.47 Å². The monoisotopic (exact) mass is 402 g/mol. The SMILES string of the molecule is Fc1c(OCC2CCCC2)ccc2c1sc1c(F)c(OC(F)(F)F)ccc12. The van der Waals surface area contributed by atoms with Crippen molar-refractivity contribution in [2.24, 2.45) is 5.92 Å². The topological polar surface area (TPSA) is 18.5 Å². The van der Waals surface area contributed by atoms with Crippen LogP contribution in [0.1, 0.15) is 25.7 Å². The van der Waals surface area contributed by atoms with E-state index in [4.69, 9.17) is 4.74 Å². The van der Waals surface area contributed by atoms with Crippen LogP contribution >= 0.6 is 11.3 Å². The average molecular weight is 402 g/mol. The van der Waals surface area contributed by atoms with Crippen LogP contribution in [0.5, 0.6) is 11.5 Å². The number of fused-ring (bicyclic) bond motifs is 3. The third-order valence-electron chi connectivity index (χ3n) is 4.79. The molecule has 0 unspecified atom stereocenters. The van der Waals surface area contributed by atoms with E-state index < -0.39 is 23.7 Å². The molecule has 2 nitrogen and oxygen atoms in total. The Kier molecular flexibility index (Phi) is 4.61. The molecule has 3 aromatic rings. The predicted octanol–water partition coefficient (Wildman–Crippen LogP) is 6.80. The van der Waals surface area contributed by atoms with Crippen molar-refractivity contribution in [3.63, 3.8) is 0 Å². The summed E-state index contributed by atoms with van der Waals surface area (Å²) in [6.45, 7) is 0.422. The van der Waals surface area contributed by atoms with Crippen LogP contribution in [0.2, 0.25) is 0 Å². The van der Waals surface area contributed by atoms with Gasteiger partial charge in [0.25, 0.3) is 0 Å². The van der Waals surface area contributed by atoms with Crippen molar-refractivity contribution in [2.75, 3.05) is 6.61 Å². The summed E-state index contributed by atoms with van der Waals surface area (Å²) < 4.78 is 75.8. The van der Waals surface area contributed by atoms with E-state index >= 15 is 0 Å². The second-order valence-electron chi connectivity index (χ2n) is 6.62. The second-order valence-corrected chi connectivity index (χ2v) is 7.64. The maximum Gasteiger partial charge on any atom is 0.573 e. The maximum atomic E-state index is 14.8. The van der Waals surface area contributed by atoms with Gasteiger partial charge in [0, 0.05) is 10.8 Å². The van der Waals surface area contributed by atoms with E-state index in [-0.39, 0.29) is 15.1 Å². The molecule has 1 heterocycles. The Morgan fingerprint density at radius 1 is 0.889 bits per heavy atom. The fourth-order valence-corrected chi connectivity index (χ4v) is 4.66. The molecule has 4 rings (SSSR count). The minimum Gasteiger partial charge on any atom is -0.490 e. The van der Waals surface area contributed by atoms with Gasteiger partial charge in [0.15, 0.2) is 23.1 Å². The van der Waals surface area contributed by atoms with E-state index in [2.05, 4.69) is 4.74 Å². The van der Waals surface area contributed by atoms with Gasteiger partial charge in [-0.1, -0.05) is 12.8 Å². The van der Waals surface area contributed by atoms with Crippen molar-refractivity contribution in [2.45, 2.75) is 32.0 Å². The lowest BCUT2D eigenvalue weighted by Crippen LogP contribution is -2.17. The van der Waals surface area contributed by atoms with Crippen LogP contribution in [0.3, 0.4) is 0 Å². The zero-order valence-corrected chi connectivity index (χ0v) is 14.9. The fourth-order valence-electron chi connectivity index (χ4n) is 3.50. The number of hydrogen-bond donors (Lipinski definition) is 0. The van der Waals surface area contributed by atoms with Crippen LogP contribution < -0.4 is 9.47 Å². The van der Waals surface area contributed by atoms with Crippen molar-refractivity contribution in [1.82, 2.24) is 0 Å². The largest absolute Gasteiger partial charge is 0.573 e. The highest BCUT2D eigenvalue weighted by Gasteiger charge is 2.33. The molecular formula is C19H15F5O2S. The van der Waals surface area contributed by atoms with Gasteiger partial charge >= 0.3 is 6.36 Å². The molecule has 0 saturated heterocycles. The van der Waals surface area contributed by atoms with Gasteiger partial charge in [0.1, 0.15) is 0 Å². The number of alkyl halides is 3. The summed E-state index contributed by atoms with van der Waals surface area (Å²) in [4.78, 5) is 0. The van der Waals surface area contributed by atoms with Gasteiger partial charge in [-0.2, -0.15) is 0 Å². The lowest BCUT2D eigenvalue weighted by Gasteiger charge is -2.12. The Balaban J connectivity index is 1.71. The number of thiophene rings is 1. The molecule has 0 radical (unpaired) electrons. The Morgan fingerprint density at radius 3 is 2.04 bits per heavy atom. The molecule has 0 amide bonds. The first-order valence-electron chi connectivity index (χ1n) is 8.55. The summed E-state index contributed by atoms with van der Waals surface area (Å²) in [5.41, 5.74) is 0. The van der Waals surface area contributed by atoms with Crippen molar-refractivity contribution in [1.29, 1.82) is 0 Å². The Hall–Kier alpha value is -2.09. The standard InChI is InChI=1S/C19H15F5O2S/c20-15-13(25-9-10-3-1-2-4-10)7-5-11-12-6-8-14(26-19(22,23)24)16(21)18(12)27-17(11)15/h5-8,10H,1-4,9H2. The van der Waals surface area contributed by atoms with Crippen LogP contribution in [0.25, 0.3) is 20.2 Å². The molecule has 1 saturated carbocycles. The summed E-state index contributed by atoms with van der Waals surface area (Å²) >= 11 is 0.750. The number of hydrogen-bond acceptors (Lipinski definition) is 3. The van der Waals surface area contributed by atoms with Gasteiger partial charge in [-0.3, -0.25) is 0 Å². The first kappa shape index (κ1) is 18.3. The van der Waals surface area contributed by atoms with E-state index in [9.17, 15) is 22.0 Å². The third-order valence-corrected chi connectivity index (χ3v) is 6.00. The van der Waals surface area contributed by atoms with E-state index in [0.29, 0.717) is 23.3 Å². The Labute approximate surface area is 155 Å². The summed E-state index contributed by atoms with van der Waals surface area (Å²) in [5, 5.41) is 0.765. The van der Waals surface area contributed by atoms with E-state index in [1.807, 2.05) is 0 Å². The van der Waals surface area contributed by atoms with Crippen LogP contribution in [0.15, 0.2) is 24.3 Å². The molecule has 2 aromatic carbocycles. The van der Waals surface area contributed by atoms with Gasteiger partial charge in [-0.15, -0.1) is 24.5 Å². The number of benzene rings is 2. The van der Waals surface area contributed by atoms with Crippen molar-refractivity contribution in [3.05, 3.63) is 35.9 Å². The van der Waals surface area contributed by atoms with Crippen LogP contribution in [0, 0.1) is 17.6 Å². The van der Waals surface area contributed by atoms with Crippen LogP contribution in [-0.2, 0) is 0 Å². The minimum absolute atomic E-state index is 0.0770. The van der Waals surface area contributed by atoms with Gasteiger partial charge in [0.2, 0.25) is 0 Å². The quantitative estimate of drug-likeness (QED) is 0.447. The molecule has 1 aliphatic rings. The normalized spacial score (nSPS) is 15.7. The van der Waals surface area contributed by atoms with Crippen LogP contribution in [0.4, 0.5) is 22.0 Å². The fraction of sp³-hybridized carbons (Fsp3) is 0.368. The highest BCUT2D eigenvalue weighted by atomic mass is 32.1. The van der Waals surface area contributed by atoms with Crippen molar-refractivity contribution in [3.8, 4) is 11.5 Å². The number of halogens is 5. The molecule has 0 atom stereocenters. The first-order valence-corrected chi connectivity index (χ1v) is 9.37. The molecule has 0 spiro atoms. The zero-order valence-electron chi connectivity index (χ0n) is 14.0. The van der Waals surface area contributed by atoms with Crippen molar-refractivity contribution >= 4 is 31.5 Å². The lowest BCUT2D eigenvalue weighted by molar-refractivity contribution is -0.275. The lowest BCUT2D eigenvalue weighted by atomic mass is 10.1. The molecular weight excluding hydrogens is 387 g/mol. The predicted molar refractivity (Wildman–Crippen MR) is 93.4 cm³/mol. The van der Waals surface area contributed by atoms with Gasteiger partial charge in [-0.25, -0.2) is 8.78 Å². The Morgan fingerprint density at radius 2 is 1.44 bits per heavy atom. The van der Waals surface area contributed by atoms with Crippen molar-refractivity contribution < 1.29 is 31.4 Å². The zero-order chi connectivity index (χ0) is 19.2. The van der Waals surface area contributed by atoms with E-state index in [1.165, 1.54) is 12.1 Å². The summed E-state index contributed by atoms with van der Waals surface area (Å²) in [5.74, 6) is -2.22. The molecule has 0 N–H and O–H groups in total. The molecule has 144 valence electrons. The average Bonchev–Trinajstić information content (AvgIpc) is 3.24. The van der Waals surface area contributed by atoms with Gasteiger partial charge in [0.05, 0.1) is 16.0 Å². The molecule has 1 aromatic heterocycles. The van der Waals surface area contributed by atoms with Crippen LogP contribution in [-0.4, -0.2) is 13.0 Å². The molecule has 0 bridgehead atoms. The molecule has 1 fully saturated rings. The third kappa shape index (κ3) is 3.54. The minimum atomic E-state index is -5.00. The smallest absolute Gasteiger partial charge is 0.490 e. The first-order chi connectivity index (χ1) is 12.8. The second kappa shape index (κ2) is 6.82. The molecule has 27 heavy (non-hydrogen) atoms. The van der Waals surface area contributed by atoms with E-state index in [1.54, 1.807) is 6.07 Å². The summed E-state index contributed by atoms with van der Waals surface area (Å²) in [7, 11) is 0. The highest BCUT2D eigenvalue weighted by Crippen LogP contribution is 2.42. The summed E-state index contributed by atoms with van der Waals surface area (Å²) in [6, 6.07) is 5.29. The number of ether oxygens (including phenoxy) is 2. The molecule has 8 heteroatoms. The molecule has 0 aliphatic heterocycles. The highest BCUT2D eigenvalue weighted by molar-refractivity contribution is 7.25. The Bertz CT molecular complexity index is 989. The molecule has 1 aliphatic carbocycles. The summed E-state index contributed by atoms with van der Waals surface area (Å²) in [6.07, 6.45) is -0.599. The van der Waals surface area contributed by atoms with E-state index in [0.717, 1.165) is 43.1 Å². The maximum absolute atomic E-state index is 14.8.